The zero-order valence-corrected chi connectivity index (χ0v) is 40.8. The van der Waals surface area contributed by atoms with Crippen LogP contribution in [0.15, 0.2) is 77.9 Å². The highest BCUT2D eigenvalue weighted by Crippen LogP contribution is 2.40. The number of benzene rings is 3. The predicted octanol–water partition coefficient (Wildman–Crippen LogP) is 9.31. The van der Waals surface area contributed by atoms with E-state index in [4.69, 9.17) is 4.74 Å². The van der Waals surface area contributed by atoms with Gasteiger partial charge in [-0.3, -0.25) is 28.9 Å². The maximum absolute atomic E-state index is 13.6. The number of rotatable bonds is 18. The van der Waals surface area contributed by atoms with Crippen LogP contribution < -0.4 is 16.3 Å². The molecule has 390 valence electrons. The molecule has 6 aromatic rings. The first-order chi connectivity index (χ1) is 35.0. The summed E-state index contributed by atoms with van der Waals surface area (Å²) >= 11 is 0. The molecule has 0 bridgehead atoms. The molecule has 73 heavy (non-hydrogen) atoms. The highest BCUT2D eigenvalue weighted by Gasteiger charge is 2.37. The molecule has 0 spiro atoms. The Kier molecular flexibility index (Phi) is 15.7. The number of carbonyl (C=O) groups is 2. The van der Waals surface area contributed by atoms with Gasteiger partial charge in [0.25, 0.3) is 0 Å². The number of aliphatic hydroxyl groups is 1. The minimum Gasteiger partial charge on any atom is -0.393 e. The lowest BCUT2D eigenvalue weighted by molar-refractivity contribution is -0.143. The van der Waals surface area contributed by atoms with E-state index < -0.39 is 47.2 Å². The second kappa shape index (κ2) is 22.2. The number of aryl methyl sites for hydroxylation is 2. The van der Waals surface area contributed by atoms with E-state index in [1.54, 1.807) is 17.8 Å². The van der Waals surface area contributed by atoms with Crippen molar-refractivity contribution in [3.8, 4) is 11.1 Å². The standard InChI is InChI=1S/C53H61F6N9O5/c1-64-46-27-34(10-17-44(46)68(51(64)72)45-18-19-47(70)62-49(45)71)7-6-26-73-25-5-3-2-4-20-65-21-23-66(24-22-65)32-35-8-11-36(12-9-35)43-33-67(40-13-15-41(69)16-14-40)48-42(43)31-60-50(63-48)61-39-29-37(52(54,55)56)28-38(30-39)53(57,58)59/h8-12,17,27-31,33,40-41,45,69H,2-7,13-16,18-26,32H2,1H3,(H,60,61,63)(H,62,70,71). The molecule has 2 aliphatic heterocycles. The number of alkyl halides is 6. The van der Waals surface area contributed by atoms with E-state index in [-0.39, 0.29) is 36.1 Å². The maximum Gasteiger partial charge on any atom is 0.416 e. The number of halogens is 6. The zero-order chi connectivity index (χ0) is 51.4. The quantitative estimate of drug-likeness (QED) is 0.0432. The van der Waals surface area contributed by atoms with Crippen molar-refractivity contribution in [3.63, 3.8) is 0 Å². The van der Waals surface area contributed by atoms with Crippen LogP contribution >= 0.6 is 0 Å². The van der Waals surface area contributed by atoms with Gasteiger partial charge in [0.2, 0.25) is 17.8 Å². The van der Waals surface area contributed by atoms with E-state index in [1.165, 1.54) is 10.1 Å². The first kappa shape index (κ1) is 51.8. The Morgan fingerprint density at radius 3 is 2.14 bits per heavy atom. The highest BCUT2D eigenvalue weighted by atomic mass is 19.4. The van der Waals surface area contributed by atoms with Crippen molar-refractivity contribution < 1.29 is 45.8 Å². The number of aromatic nitrogens is 5. The fourth-order valence-electron chi connectivity index (χ4n) is 10.5. The van der Waals surface area contributed by atoms with Crippen molar-refractivity contribution in [2.75, 3.05) is 51.3 Å². The summed E-state index contributed by atoms with van der Waals surface area (Å²) in [4.78, 5) is 51.2. The van der Waals surface area contributed by atoms with E-state index in [0.717, 1.165) is 107 Å². The van der Waals surface area contributed by atoms with Gasteiger partial charge in [-0.15, -0.1) is 0 Å². The summed E-state index contributed by atoms with van der Waals surface area (Å²) in [5.41, 5.74) is 2.36. The molecule has 3 aromatic carbocycles. The average molecular weight is 1020 g/mol. The van der Waals surface area contributed by atoms with Crippen LogP contribution in [0.3, 0.4) is 0 Å². The summed E-state index contributed by atoms with van der Waals surface area (Å²) in [5, 5.41) is 15.9. The Bertz CT molecular complexity index is 2940. The normalized spacial score (nSPS) is 19.5. The van der Waals surface area contributed by atoms with Gasteiger partial charge >= 0.3 is 18.0 Å². The average Bonchev–Trinajstić information content (AvgIpc) is 3.85. The van der Waals surface area contributed by atoms with Crippen LogP contribution in [-0.2, 0) is 46.7 Å². The molecule has 3 aliphatic rings. The van der Waals surface area contributed by atoms with Crippen molar-refractivity contribution >= 4 is 45.5 Å². The van der Waals surface area contributed by atoms with Gasteiger partial charge in [0, 0.05) is 94.5 Å². The van der Waals surface area contributed by atoms with Gasteiger partial charge in [0.1, 0.15) is 11.7 Å². The topological polar surface area (TPSA) is 152 Å². The molecule has 2 saturated heterocycles. The number of imide groups is 1. The van der Waals surface area contributed by atoms with E-state index in [2.05, 4.69) is 54.7 Å². The van der Waals surface area contributed by atoms with Gasteiger partial charge in [0.15, 0.2) is 0 Å². The lowest BCUT2D eigenvalue weighted by Crippen LogP contribution is -2.46. The third-order valence-corrected chi connectivity index (χ3v) is 14.6. The van der Waals surface area contributed by atoms with Crippen LogP contribution in [0.2, 0.25) is 0 Å². The molecule has 2 amide bonds. The Hall–Kier alpha value is -6.09. The molecule has 3 fully saturated rings. The van der Waals surface area contributed by atoms with Crippen molar-refractivity contribution in [1.82, 2.24) is 38.8 Å². The maximum atomic E-state index is 13.6. The Balaban J connectivity index is 0.708. The number of fused-ring (bicyclic) bond motifs is 2. The van der Waals surface area contributed by atoms with E-state index in [9.17, 15) is 45.8 Å². The number of hydrogen-bond donors (Lipinski definition) is 3. The molecule has 1 atom stereocenters. The number of ether oxygens (including phenoxy) is 1. The summed E-state index contributed by atoms with van der Waals surface area (Å²) in [6, 6.07) is 14.8. The molecule has 9 rings (SSSR count). The summed E-state index contributed by atoms with van der Waals surface area (Å²) in [5.74, 6) is -0.899. The number of hydrogen-bond acceptors (Lipinski definition) is 10. The number of carbonyl (C=O) groups excluding carboxylic acids is 2. The Labute approximate surface area is 418 Å². The third kappa shape index (κ3) is 12.3. The van der Waals surface area contributed by atoms with Gasteiger partial charge in [0.05, 0.1) is 28.3 Å². The first-order valence-corrected chi connectivity index (χ1v) is 25.3. The number of aliphatic hydroxyl groups excluding tert-OH is 1. The lowest BCUT2D eigenvalue weighted by atomic mass is 9.93. The Morgan fingerprint density at radius 2 is 1.44 bits per heavy atom. The van der Waals surface area contributed by atoms with Crippen LogP contribution in [0, 0.1) is 0 Å². The Morgan fingerprint density at radius 1 is 0.767 bits per heavy atom. The molecular weight excluding hydrogens is 957 g/mol. The second-order valence-corrected chi connectivity index (χ2v) is 19.7. The second-order valence-electron chi connectivity index (χ2n) is 19.7. The molecule has 3 N–H and O–H groups in total. The summed E-state index contributed by atoms with van der Waals surface area (Å²) in [6.07, 6.45) is 2.21. The van der Waals surface area contributed by atoms with Crippen LogP contribution in [-0.4, -0.2) is 102 Å². The summed E-state index contributed by atoms with van der Waals surface area (Å²) in [7, 11) is 1.70. The number of nitrogens with one attached hydrogen (secondary N) is 2. The van der Waals surface area contributed by atoms with Gasteiger partial charge in [-0.05, 0) is 111 Å². The molecule has 1 saturated carbocycles. The molecule has 0 radical (unpaired) electrons. The van der Waals surface area contributed by atoms with Gasteiger partial charge in [-0.2, -0.15) is 31.3 Å². The molecule has 20 heteroatoms. The van der Waals surface area contributed by atoms with Crippen LogP contribution in [0.25, 0.3) is 33.2 Å². The van der Waals surface area contributed by atoms with Crippen LogP contribution in [0.5, 0.6) is 0 Å². The minimum atomic E-state index is -5.00. The number of anilines is 2. The number of imidazole rings is 1. The number of piperidine rings is 1. The van der Waals surface area contributed by atoms with Crippen molar-refractivity contribution in [2.24, 2.45) is 7.05 Å². The smallest absolute Gasteiger partial charge is 0.393 e. The van der Waals surface area contributed by atoms with Crippen molar-refractivity contribution in [1.29, 1.82) is 0 Å². The molecule has 1 unspecified atom stereocenters. The van der Waals surface area contributed by atoms with Gasteiger partial charge in [-0.25, -0.2) is 9.78 Å². The van der Waals surface area contributed by atoms with Crippen molar-refractivity contribution in [3.05, 3.63) is 106 Å². The van der Waals surface area contributed by atoms with Crippen molar-refractivity contribution in [2.45, 2.75) is 114 Å². The van der Waals surface area contributed by atoms with Gasteiger partial charge in [-0.1, -0.05) is 43.2 Å². The molecule has 1 aliphatic carbocycles. The molecule has 3 aromatic heterocycles. The van der Waals surface area contributed by atoms with E-state index in [1.807, 2.05) is 29.0 Å². The predicted molar refractivity (Wildman–Crippen MR) is 264 cm³/mol. The number of amides is 2. The fraction of sp³-hybridized carbons (Fsp3) is 0.491. The summed E-state index contributed by atoms with van der Waals surface area (Å²) in [6.45, 7) is 7.18. The number of unbranched alkanes of at least 4 members (excludes halogenated alkanes) is 3. The van der Waals surface area contributed by atoms with E-state index in [0.29, 0.717) is 67.4 Å². The molecule has 14 nitrogen and oxygen atoms in total. The summed E-state index contributed by atoms with van der Waals surface area (Å²) < 4.78 is 92.7. The monoisotopic (exact) mass is 1020 g/mol. The number of piperazine rings is 1. The first-order valence-electron chi connectivity index (χ1n) is 25.3. The minimum absolute atomic E-state index is 0.0260. The molecule has 5 heterocycles. The molecular formula is C53H61F6N9O5. The van der Waals surface area contributed by atoms with Crippen LogP contribution in [0.4, 0.5) is 38.0 Å². The lowest BCUT2D eigenvalue weighted by Gasteiger charge is -2.34. The van der Waals surface area contributed by atoms with Gasteiger partial charge < -0.3 is 24.6 Å². The SMILES string of the molecule is Cn1c(=O)n(C2CCC(=O)NC2=O)c2ccc(CCCOCCCCCCN3CCN(Cc4ccc(-c5cn(C6CCC(O)CC6)c6nc(Nc7cc(C(F)(F)F)cc(C(F)(F)F)c7)ncc56)cc4)CC3)cc21. The fourth-order valence-corrected chi connectivity index (χ4v) is 10.5. The zero-order valence-electron chi connectivity index (χ0n) is 40.8. The highest BCUT2D eigenvalue weighted by molar-refractivity contribution is 6.00. The number of nitrogens with zero attached hydrogens (tertiary/aromatic N) is 7. The largest absolute Gasteiger partial charge is 0.416 e. The van der Waals surface area contributed by atoms with Crippen LogP contribution in [0.1, 0.15) is 105 Å². The van der Waals surface area contributed by atoms with E-state index >= 15 is 0 Å². The third-order valence-electron chi connectivity index (χ3n) is 14.6.